The molecule has 0 radical (unpaired) electrons. The first-order chi connectivity index (χ1) is 9.91. The first kappa shape index (κ1) is 14.1. The van der Waals surface area contributed by atoms with Gasteiger partial charge in [-0.15, -0.1) is 0 Å². The summed E-state index contributed by atoms with van der Waals surface area (Å²) in [5.74, 6) is -0.589. The van der Waals surface area contributed by atoms with E-state index in [1.807, 2.05) is 0 Å². The molecule has 112 valence electrons. The van der Waals surface area contributed by atoms with Crippen LogP contribution in [0.2, 0.25) is 0 Å². The Morgan fingerprint density at radius 1 is 1.19 bits per heavy atom. The molecule has 0 unspecified atom stereocenters. The predicted octanol–water partition coefficient (Wildman–Crippen LogP) is 3.37. The maximum Gasteiger partial charge on any atom is 0.339 e. The molecule has 2 aliphatic rings. The zero-order valence-corrected chi connectivity index (χ0v) is 12.3. The molecule has 1 aromatic carbocycles. The number of ether oxygens (including phenoxy) is 1. The van der Waals surface area contributed by atoms with Crippen LogP contribution in [0.5, 0.6) is 0 Å². The minimum absolute atomic E-state index is 0.00321. The molecule has 3 rings (SSSR count). The van der Waals surface area contributed by atoms with Crippen LogP contribution >= 0.6 is 0 Å². The second-order valence-corrected chi connectivity index (χ2v) is 6.77. The molecule has 2 aliphatic carbocycles. The van der Waals surface area contributed by atoms with Crippen molar-refractivity contribution in [3.63, 3.8) is 0 Å². The van der Waals surface area contributed by atoms with Crippen molar-refractivity contribution in [2.45, 2.75) is 39.2 Å². The Morgan fingerprint density at radius 3 is 2.43 bits per heavy atom. The maximum atomic E-state index is 12.4. The van der Waals surface area contributed by atoms with Gasteiger partial charge in [-0.1, -0.05) is 26.0 Å². The van der Waals surface area contributed by atoms with Gasteiger partial charge in [0, 0.05) is 5.41 Å². The lowest BCUT2D eigenvalue weighted by molar-refractivity contribution is -0.0322. The Hall–Kier alpha value is -1.84. The van der Waals surface area contributed by atoms with Gasteiger partial charge in [0.2, 0.25) is 0 Å². The maximum absolute atomic E-state index is 12.4. The Bertz CT molecular complexity index is 590. The SMILES string of the molecule is CC1(C)[C@H]2CC[C@H](C2)[C@@H]1OC(=O)c1ccccc1C(=O)O. The van der Waals surface area contributed by atoms with Crippen molar-refractivity contribution >= 4 is 11.9 Å². The number of benzene rings is 1. The fourth-order valence-corrected chi connectivity index (χ4v) is 4.08. The molecule has 2 bridgehead atoms. The van der Waals surface area contributed by atoms with Crippen LogP contribution in [0.3, 0.4) is 0 Å². The van der Waals surface area contributed by atoms with Crippen molar-refractivity contribution in [2.75, 3.05) is 0 Å². The van der Waals surface area contributed by atoms with Crippen molar-refractivity contribution in [1.82, 2.24) is 0 Å². The van der Waals surface area contributed by atoms with Crippen molar-refractivity contribution in [2.24, 2.45) is 17.3 Å². The lowest BCUT2D eigenvalue weighted by atomic mass is 9.74. The van der Waals surface area contributed by atoms with Crippen LogP contribution in [0.15, 0.2) is 24.3 Å². The van der Waals surface area contributed by atoms with E-state index in [1.54, 1.807) is 12.1 Å². The summed E-state index contributed by atoms with van der Waals surface area (Å²) in [6.45, 7) is 4.30. The van der Waals surface area contributed by atoms with Crippen molar-refractivity contribution in [3.05, 3.63) is 35.4 Å². The third-order valence-electron chi connectivity index (χ3n) is 5.30. The molecular formula is C17H20O4. The van der Waals surface area contributed by atoms with Gasteiger partial charge < -0.3 is 9.84 Å². The minimum atomic E-state index is -1.10. The topological polar surface area (TPSA) is 63.6 Å². The third-order valence-corrected chi connectivity index (χ3v) is 5.30. The summed E-state index contributed by atoms with van der Waals surface area (Å²) in [6, 6.07) is 6.23. The number of esters is 1. The highest BCUT2D eigenvalue weighted by molar-refractivity contribution is 6.02. The molecule has 0 amide bonds. The number of rotatable bonds is 3. The van der Waals surface area contributed by atoms with Gasteiger partial charge in [-0.3, -0.25) is 0 Å². The Balaban J connectivity index is 1.83. The number of aromatic carboxylic acids is 1. The minimum Gasteiger partial charge on any atom is -0.478 e. The second kappa shape index (κ2) is 4.86. The fraction of sp³-hybridized carbons (Fsp3) is 0.529. The van der Waals surface area contributed by atoms with E-state index in [0.717, 1.165) is 12.8 Å². The molecule has 0 heterocycles. The molecule has 1 N–H and O–H groups in total. The van der Waals surface area contributed by atoms with Gasteiger partial charge in [0.15, 0.2) is 0 Å². The molecule has 2 fully saturated rings. The quantitative estimate of drug-likeness (QED) is 0.866. The van der Waals surface area contributed by atoms with Gasteiger partial charge in [0.05, 0.1) is 11.1 Å². The van der Waals surface area contributed by atoms with Crippen LogP contribution < -0.4 is 0 Å². The van der Waals surface area contributed by atoms with E-state index in [1.165, 1.54) is 18.6 Å². The van der Waals surface area contributed by atoms with E-state index in [2.05, 4.69) is 13.8 Å². The molecule has 0 spiro atoms. The number of carboxylic acid groups (broad SMARTS) is 1. The molecule has 3 atom stereocenters. The zero-order chi connectivity index (χ0) is 15.2. The largest absolute Gasteiger partial charge is 0.478 e. The van der Waals surface area contributed by atoms with E-state index in [0.29, 0.717) is 11.8 Å². The highest BCUT2D eigenvalue weighted by Crippen LogP contribution is 2.56. The van der Waals surface area contributed by atoms with E-state index >= 15 is 0 Å². The van der Waals surface area contributed by atoms with Crippen LogP contribution in [0.4, 0.5) is 0 Å². The van der Waals surface area contributed by atoms with E-state index < -0.39 is 11.9 Å². The molecule has 21 heavy (non-hydrogen) atoms. The second-order valence-electron chi connectivity index (χ2n) is 6.77. The van der Waals surface area contributed by atoms with Gasteiger partial charge in [-0.05, 0) is 43.2 Å². The number of hydrogen-bond acceptors (Lipinski definition) is 3. The normalized spacial score (nSPS) is 29.3. The number of carbonyl (C=O) groups excluding carboxylic acids is 1. The lowest BCUT2D eigenvalue weighted by Crippen LogP contribution is -2.39. The average Bonchev–Trinajstić information content (AvgIpc) is 3.01. The van der Waals surface area contributed by atoms with Crippen molar-refractivity contribution < 1.29 is 19.4 Å². The summed E-state index contributed by atoms with van der Waals surface area (Å²) in [5.41, 5.74) is 0.128. The standard InChI is InChI=1S/C17H20O4/c1-17(2)11-8-7-10(9-11)14(17)21-16(20)13-6-4-3-5-12(13)15(18)19/h3-6,10-11,14H,7-9H2,1-2H3,(H,18,19)/t10-,11+,14+/m1/s1. The molecule has 1 aromatic rings. The van der Waals surface area contributed by atoms with E-state index in [-0.39, 0.29) is 22.6 Å². The summed E-state index contributed by atoms with van der Waals surface area (Å²) in [5, 5.41) is 9.18. The summed E-state index contributed by atoms with van der Waals surface area (Å²) in [4.78, 5) is 23.6. The van der Waals surface area contributed by atoms with Crippen LogP contribution in [-0.4, -0.2) is 23.1 Å². The van der Waals surface area contributed by atoms with Crippen molar-refractivity contribution in [1.29, 1.82) is 0 Å². The predicted molar refractivity (Wildman–Crippen MR) is 77.2 cm³/mol. The van der Waals surface area contributed by atoms with Crippen LogP contribution in [-0.2, 0) is 4.74 Å². The Labute approximate surface area is 124 Å². The average molecular weight is 288 g/mol. The third kappa shape index (κ3) is 2.23. The van der Waals surface area contributed by atoms with Crippen LogP contribution in [0.1, 0.15) is 53.8 Å². The van der Waals surface area contributed by atoms with Crippen molar-refractivity contribution in [3.8, 4) is 0 Å². The van der Waals surface area contributed by atoms with E-state index in [4.69, 9.17) is 4.74 Å². The molecule has 4 nitrogen and oxygen atoms in total. The Morgan fingerprint density at radius 2 is 1.86 bits per heavy atom. The summed E-state index contributed by atoms with van der Waals surface area (Å²) in [6.07, 6.45) is 3.32. The van der Waals surface area contributed by atoms with E-state index in [9.17, 15) is 14.7 Å². The zero-order valence-electron chi connectivity index (χ0n) is 12.3. The van der Waals surface area contributed by atoms with Crippen LogP contribution in [0.25, 0.3) is 0 Å². The number of fused-ring (bicyclic) bond motifs is 2. The number of hydrogen-bond donors (Lipinski definition) is 1. The highest BCUT2D eigenvalue weighted by Gasteiger charge is 2.54. The number of carboxylic acids is 1. The summed E-state index contributed by atoms with van der Waals surface area (Å²) < 4.78 is 5.74. The van der Waals surface area contributed by atoms with Crippen LogP contribution in [0, 0.1) is 17.3 Å². The molecule has 2 saturated carbocycles. The molecule has 0 aliphatic heterocycles. The first-order valence-electron chi connectivity index (χ1n) is 7.44. The highest BCUT2D eigenvalue weighted by atomic mass is 16.5. The van der Waals surface area contributed by atoms with Gasteiger partial charge in [0.25, 0.3) is 0 Å². The van der Waals surface area contributed by atoms with Gasteiger partial charge in [-0.2, -0.15) is 0 Å². The number of carbonyl (C=O) groups is 2. The fourth-order valence-electron chi connectivity index (χ4n) is 4.08. The lowest BCUT2D eigenvalue weighted by Gasteiger charge is -2.37. The van der Waals surface area contributed by atoms with Gasteiger partial charge >= 0.3 is 11.9 Å². The Kier molecular flexibility index (Phi) is 3.27. The molecular weight excluding hydrogens is 268 g/mol. The summed E-state index contributed by atoms with van der Waals surface area (Å²) in [7, 11) is 0. The van der Waals surface area contributed by atoms with Gasteiger partial charge in [-0.25, -0.2) is 9.59 Å². The van der Waals surface area contributed by atoms with Gasteiger partial charge in [0.1, 0.15) is 6.10 Å². The molecule has 0 aromatic heterocycles. The smallest absolute Gasteiger partial charge is 0.339 e. The molecule has 0 saturated heterocycles. The molecule has 4 heteroatoms. The monoisotopic (exact) mass is 288 g/mol. The first-order valence-corrected chi connectivity index (χ1v) is 7.44. The summed E-state index contributed by atoms with van der Waals surface area (Å²) >= 11 is 0.